The number of aryl methyl sites for hydroxylation is 1. The number of amides is 1. The Morgan fingerprint density at radius 1 is 1.23 bits per heavy atom. The van der Waals surface area contributed by atoms with Crippen LogP contribution in [0.3, 0.4) is 0 Å². The van der Waals surface area contributed by atoms with Gasteiger partial charge in [-0.3, -0.25) is 14.2 Å². The third kappa shape index (κ3) is 4.85. The van der Waals surface area contributed by atoms with Crippen molar-refractivity contribution in [2.24, 2.45) is 0 Å². The molecule has 2 aromatic carbocycles. The van der Waals surface area contributed by atoms with Gasteiger partial charge in [0.2, 0.25) is 5.91 Å². The lowest BCUT2D eigenvalue weighted by Crippen LogP contribution is -2.35. The molecule has 4 aromatic rings. The SMILES string of the molecule is CCC(C)(Sc1nc2ccccc2n1-c1ccc(NC(C)=O)cc1F)C(=O)Oc1oc(=O)oc1C. The van der Waals surface area contributed by atoms with Crippen molar-refractivity contribution in [3.05, 3.63) is 64.7 Å². The first-order valence-electron chi connectivity index (χ1n) is 10.7. The lowest BCUT2D eigenvalue weighted by molar-refractivity contribution is -0.138. The van der Waals surface area contributed by atoms with E-state index in [0.29, 0.717) is 28.3 Å². The maximum absolute atomic E-state index is 15.2. The molecule has 0 spiro atoms. The molecule has 0 saturated heterocycles. The van der Waals surface area contributed by atoms with E-state index in [1.165, 1.54) is 26.0 Å². The first-order valence-corrected chi connectivity index (χ1v) is 11.5. The second kappa shape index (κ2) is 9.41. The lowest BCUT2D eigenvalue weighted by atomic mass is 10.1. The highest BCUT2D eigenvalue weighted by molar-refractivity contribution is 8.01. The van der Waals surface area contributed by atoms with Crippen molar-refractivity contribution in [2.75, 3.05) is 5.32 Å². The Morgan fingerprint density at radius 3 is 2.60 bits per heavy atom. The monoisotopic (exact) mass is 499 g/mol. The maximum Gasteiger partial charge on any atom is 0.521 e. The lowest BCUT2D eigenvalue weighted by Gasteiger charge is -2.24. The molecule has 4 rings (SSSR count). The predicted octanol–water partition coefficient (Wildman–Crippen LogP) is 4.84. The van der Waals surface area contributed by atoms with Crippen LogP contribution in [0.4, 0.5) is 10.1 Å². The van der Waals surface area contributed by atoms with Crippen molar-refractivity contribution < 1.29 is 27.6 Å². The van der Waals surface area contributed by atoms with Gasteiger partial charge in [-0.2, -0.15) is 0 Å². The van der Waals surface area contributed by atoms with Crippen LogP contribution in [0.2, 0.25) is 0 Å². The van der Waals surface area contributed by atoms with E-state index in [2.05, 4.69) is 10.3 Å². The number of rotatable bonds is 7. The van der Waals surface area contributed by atoms with Gasteiger partial charge in [-0.1, -0.05) is 30.8 Å². The number of thioether (sulfide) groups is 1. The van der Waals surface area contributed by atoms with Gasteiger partial charge in [0.1, 0.15) is 10.6 Å². The first-order chi connectivity index (χ1) is 16.6. The van der Waals surface area contributed by atoms with Crippen molar-refractivity contribution in [1.82, 2.24) is 9.55 Å². The number of ether oxygens (including phenoxy) is 1. The summed E-state index contributed by atoms with van der Waals surface area (Å²) < 4.78 is 30.5. The highest BCUT2D eigenvalue weighted by Crippen LogP contribution is 2.40. The van der Waals surface area contributed by atoms with Crippen LogP contribution >= 0.6 is 11.8 Å². The number of esters is 1. The Hall–Kier alpha value is -3.86. The zero-order valence-electron chi connectivity index (χ0n) is 19.4. The van der Waals surface area contributed by atoms with Gasteiger partial charge in [0.25, 0.3) is 0 Å². The molecule has 0 fully saturated rings. The second-order valence-electron chi connectivity index (χ2n) is 7.94. The molecule has 35 heavy (non-hydrogen) atoms. The molecule has 11 heteroatoms. The number of benzene rings is 2. The average molecular weight is 500 g/mol. The molecule has 182 valence electrons. The molecular formula is C24H22FN3O6S. The minimum atomic E-state index is -1.17. The van der Waals surface area contributed by atoms with Crippen LogP contribution in [0, 0.1) is 12.7 Å². The summed E-state index contributed by atoms with van der Waals surface area (Å²) in [6.45, 7) is 6.23. The summed E-state index contributed by atoms with van der Waals surface area (Å²) in [6.07, 6.45) is 0.324. The van der Waals surface area contributed by atoms with Crippen molar-refractivity contribution in [3.63, 3.8) is 0 Å². The quantitative estimate of drug-likeness (QED) is 0.284. The number of nitrogens with one attached hydrogen (secondary N) is 1. The molecule has 1 atom stereocenters. The number of hydrogen-bond acceptors (Lipinski definition) is 8. The Bertz CT molecular complexity index is 1490. The van der Waals surface area contributed by atoms with Crippen LogP contribution in [-0.4, -0.2) is 26.2 Å². The van der Waals surface area contributed by atoms with Gasteiger partial charge in [-0.25, -0.2) is 14.2 Å². The summed E-state index contributed by atoms with van der Waals surface area (Å²) in [5.74, 6) is -2.83. The molecule has 1 unspecified atom stereocenters. The van der Waals surface area contributed by atoms with Crippen LogP contribution in [0.1, 0.15) is 33.0 Å². The highest BCUT2D eigenvalue weighted by Gasteiger charge is 2.38. The Morgan fingerprint density at radius 2 is 1.97 bits per heavy atom. The van der Waals surface area contributed by atoms with Gasteiger partial charge in [0.05, 0.1) is 16.7 Å². The first kappa shape index (κ1) is 24.3. The number of fused-ring (bicyclic) bond motifs is 1. The molecule has 2 heterocycles. The number of aromatic nitrogens is 2. The van der Waals surface area contributed by atoms with Gasteiger partial charge in [-0.15, -0.1) is 0 Å². The molecule has 0 bridgehead atoms. The fourth-order valence-corrected chi connectivity index (χ4v) is 4.46. The molecule has 0 aliphatic heterocycles. The maximum atomic E-state index is 15.2. The Kier molecular flexibility index (Phi) is 6.53. The van der Waals surface area contributed by atoms with E-state index in [4.69, 9.17) is 13.6 Å². The number of nitrogens with zero attached hydrogens (tertiary/aromatic N) is 2. The normalized spacial score (nSPS) is 12.9. The van der Waals surface area contributed by atoms with E-state index >= 15 is 4.39 Å². The minimum absolute atomic E-state index is 0.0420. The molecule has 1 N–H and O–H groups in total. The molecule has 1 amide bonds. The third-order valence-electron chi connectivity index (χ3n) is 5.35. The molecule has 0 radical (unpaired) electrons. The summed E-state index contributed by atoms with van der Waals surface area (Å²) in [6, 6.07) is 11.5. The Labute approximate surface area is 203 Å². The van der Waals surface area contributed by atoms with E-state index in [1.807, 2.05) is 0 Å². The van der Waals surface area contributed by atoms with Gasteiger partial charge in [-0.05, 0) is 43.7 Å². The molecular weight excluding hydrogens is 477 g/mol. The average Bonchev–Trinajstić information content (AvgIpc) is 3.31. The number of anilines is 1. The topological polar surface area (TPSA) is 117 Å². The zero-order chi connectivity index (χ0) is 25.3. The fourth-order valence-electron chi connectivity index (χ4n) is 3.35. The van der Waals surface area contributed by atoms with E-state index in [-0.39, 0.29) is 23.3 Å². The van der Waals surface area contributed by atoms with Crippen LogP contribution in [0.25, 0.3) is 16.7 Å². The van der Waals surface area contributed by atoms with Gasteiger partial charge in [0, 0.05) is 19.5 Å². The standard InChI is InChI=1S/C24H22FN3O6S/c1-5-24(4,21(30)33-20-13(2)32-23(31)34-20)35-22-27-17-8-6-7-9-19(17)28(22)18-11-10-15(12-16(18)25)26-14(3)29/h6-12H,5H2,1-4H3,(H,26,29). The smallest absolute Gasteiger partial charge is 0.392 e. The molecule has 0 aliphatic rings. The minimum Gasteiger partial charge on any atom is -0.392 e. The molecule has 0 aliphatic carbocycles. The highest BCUT2D eigenvalue weighted by atomic mass is 32.2. The zero-order valence-corrected chi connectivity index (χ0v) is 20.2. The Balaban J connectivity index is 1.76. The molecule has 2 aromatic heterocycles. The second-order valence-corrected chi connectivity index (χ2v) is 9.41. The van der Waals surface area contributed by atoms with Crippen LogP contribution in [0.5, 0.6) is 5.95 Å². The van der Waals surface area contributed by atoms with Crippen molar-refractivity contribution in [3.8, 4) is 11.6 Å². The fraction of sp³-hybridized carbons (Fsp3) is 0.250. The van der Waals surface area contributed by atoms with Crippen molar-refractivity contribution in [2.45, 2.75) is 44.0 Å². The van der Waals surface area contributed by atoms with E-state index in [0.717, 1.165) is 11.8 Å². The van der Waals surface area contributed by atoms with Crippen LogP contribution in [-0.2, 0) is 9.59 Å². The van der Waals surface area contributed by atoms with E-state index in [9.17, 15) is 14.4 Å². The number of halogens is 1. The van der Waals surface area contributed by atoms with Crippen LogP contribution in [0.15, 0.2) is 61.2 Å². The molecule has 0 saturated carbocycles. The number of imidazole rings is 1. The summed E-state index contributed by atoms with van der Waals surface area (Å²) in [7, 11) is 0. The summed E-state index contributed by atoms with van der Waals surface area (Å²) in [4.78, 5) is 40.4. The number of carbonyl (C=O) groups is 2. The van der Waals surface area contributed by atoms with Gasteiger partial charge >= 0.3 is 17.7 Å². The predicted molar refractivity (Wildman–Crippen MR) is 128 cm³/mol. The summed E-state index contributed by atoms with van der Waals surface area (Å²) >= 11 is 1.09. The van der Waals surface area contributed by atoms with Gasteiger partial charge in [0.15, 0.2) is 10.9 Å². The van der Waals surface area contributed by atoms with E-state index in [1.54, 1.807) is 48.7 Å². The van der Waals surface area contributed by atoms with E-state index < -0.39 is 22.4 Å². The molecule has 9 nitrogen and oxygen atoms in total. The summed E-state index contributed by atoms with van der Waals surface area (Å²) in [5.41, 5.74) is 1.74. The summed E-state index contributed by atoms with van der Waals surface area (Å²) in [5, 5.41) is 2.90. The largest absolute Gasteiger partial charge is 0.521 e. The van der Waals surface area contributed by atoms with Crippen LogP contribution < -0.4 is 15.9 Å². The third-order valence-corrected chi connectivity index (χ3v) is 6.71. The number of para-hydroxylation sites is 2. The number of hydrogen-bond donors (Lipinski definition) is 1. The van der Waals surface area contributed by atoms with Crippen molar-refractivity contribution in [1.29, 1.82) is 0 Å². The van der Waals surface area contributed by atoms with Gasteiger partial charge < -0.3 is 18.9 Å². The number of carbonyl (C=O) groups excluding carboxylic acids is 2. The van der Waals surface area contributed by atoms with Crippen molar-refractivity contribution >= 4 is 40.4 Å².